The van der Waals surface area contributed by atoms with Gasteiger partial charge in [0, 0.05) is 16.6 Å². The van der Waals surface area contributed by atoms with E-state index in [4.69, 9.17) is 4.74 Å². The zero-order chi connectivity index (χ0) is 12.4. The minimum atomic E-state index is -0.320. The van der Waals surface area contributed by atoms with Crippen LogP contribution in [0.15, 0.2) is 34.8 Å². The van der Waals surface area contributed by atoms with Gasteiger partial charge in [0.15, 0.2) is 0 Å². The third kappa shape index (κ3) is 2.82. The Morgan fingerprint density at radius 2 is 1.94 bits per heavy atom. The molecule has 0 saturated carbocycles. The molecular formula is C13H11BrFNO. The van der Waals surface area contributed by atoms with Crippen LogP contribution in [0.3, 0.4) is 0 Å². The molecule has 1 aromatic heterocycles. The van der Waals surface area contributed by atoms with Crippen LogP contribution in [0.4, 0.5) is 4.39 Å². The molecule has 1 aromatic carbocycles. The lowest BCUT2D eigenvalue weighted by Crippen LogP contribution is -1.93. The first kappa shape index (κ1) is 12.0. The summed E-state index contributed by atoms with van der Waals surface area (Å²) in [4.78, 5) is 4.25. The van der Waals surface area contributed by atoms with Gasteiger partial charge in [0.2, 0.25) is 5.88 Å². The van der Waals surface area contributed by atoms with Crippen LogP contribution < -0.4 is 4.74 Å². The lowest BCUT2D eigenvalue weighted by atomic mass is 10.2. The van der Waals surface area contributed by atoms with Crippen LogP contribution in [0.1, 0.15) is 11.3 Å². The minimum Gasteiger partial charge on any atom is -0.439 e. The van der Waals surface area contributed by atoms with E-state index >= 15 is 0 Å². The Kier molecular flexibility index (Phi) is 3.43. The lowest BCUT2D eigenvalue weighted by molar-refractivity contribution is 0.453. The molecule has 88 valence electrons. The summed E-state index contributed by atoms with van der Waals surface area (Å²) in [6.45, 7) is 3.73. The molecule has 0 radical (unpaired) electrons. The molecule has 0 bridgehead atoms. The average Bonchev–Trinajstić information content (AvgIpc) is 2.29. The van der Waals surface area contributed by atoms with Gasteiger partial charge in [-0.15, -0.1) is 0 Å². The van der Waals surface area contributed by atoms with Gasteiger partial charge in [-0.05, 0) is 47.5 Å². The second-order valence-corrected chi connectivity index (χ2v) is 4.58. The molecule has 2 aromatic rings. The number of nitrogens with zero attached hydrogens (tertiary/aromatic N) is 1. The van der Waals surface area contributed by atoms with Crippen LogP contribution >= 0.6 is 15.9 Å². The Balaban J connectivity index is 2.31. The van der Waals surface area contributed by atoms with E-state index in [1.807, 2.05) is 19.9 Å². The fourth-order valence-corrected chi connectivity index (χ4v) is 1.60. The van der Waals surface area contributed by atoms with E-state index in [9.17, 15) is 4.39 Å². The van der Waals surface area contributed by atoms with E-state index in [1.165, 1.54) is 12.1 Å². The van der Waals surface area contributed by atoms with Gasteiger partial charge >= 0.3 is 0 Å². The summed E-state index contributed by atoms with van der Waals surface area (Å²) in [5.41, 5.74) is 1.70. The summed E-state index contributed by atoms with van der Waals surface area (Å²) in [5.74, 6) is 0.623. The molecule has 0 amide bonds. The molecule has 0 aliphatic rings. The Hall–Kier alpha value is -1.42. The first-order valence-corrected chi connectivity index (χ1v) is 5.93. The Morgan fingerprint density at radius 1 is 1.18 bits per heavy atom. The standard InChI is InChI=1S/C13H11BrFNO/c1-8-3-4-10(15)7-12(8)17-13-6-5-11(14)9(2)16-13/h3-7H,1-2H3. The zero-order valence-corrected chi connectivity index (χ0v) is 11.1. The van der Waals surface area contributed by atoms with Gasteiger partial charge < -0.3 is 4.74 Å². The second kappa shape index (κ2) is 4.84. The van der Waals surface area contributed by atoms with Gasteiger partial charge in [-0.25, -0.2) is 9.37 Å². The quantitative estimate of drug-likeness (QED) is 0.820. The van der Waals surface area contributed by atoms with E-state index in [2.05, 4.69) is 20.9 Å². The molecule has 0 N–H and O–H groups in total. The summed E-state index contributed by atoms with van der Waals surface area (Å²) >= 11 is 3.36. The molecule has 0 aliphatic carbocycles. The van der Waals surface area contributed by atoms with E-state index in [1.54, 1.807) is 12.1 Å². The maximum Gasteiger partial charge on any atom is 0.219 e. The fourth-order valence-electron chi connectivity index (χ4n) is 1.37. The van der Waals surface area contributed by atoms with Crippen molar-refractivity contribution in [2.24, 2.45) is 0 Å². The molecule has 17 heavy (non-hydrogen) atoms. The monoisotopic (exact) mass is 295 g/mol. The largest absolute Gasteiger partial charge is 0.439 e. The van der Waals surface area contributed by atoms with Crippen molar-refractivity contribution < 1.29 is 9.13 Å². The van der Waals surface area contributed by atoms with Crippen molar-refractivity contribution in [3.8, 4) is 11.6 Å². The van der Waals surface area contributed by atoms with Crippen molar-refractivity contribution in [1.29, 1.82) is 0 Å². The Morgan fingerprint density at radius 3 is 2.65 bits per heavy atom. The molecule has 0 saturated heterocycles. The normalized spacial score (nSPS) is 10.4. The molecule has 2 nitrogen and oxygen atoms in total. The van der Waals surface area contributed by atoms with Gasteiger partial charge in [0.05, 0.1) is 5.69 Å². The fraction of sp³-hybridized carbons (Fsp3) is 0.154. The van der Waals surface area contributed by atoms with Crippen LogP contribution in [0.5, 0.6) is 11.6 Å². The predicted octanol–water partition coefficient (Wildman–Crippen LogP) is 4.39. The minimum absolute atomic E-state index is 0.320. The third-order valence-corrected chi connectivity index (χ3v) is 3.20. The first-order chi connectivity index (χ1) is 8.06. The number of aryl methyl sites for hydroxylation is 2. The molecule has 1 heterocycles. The number of halogens is 2. The number of ether oxygens (including phenoxy) is 1. The highest BCUT2D eigenvalue weighted by Gasteiger charge is 2.05. The molecule has 0 spiro atoms. The number of benzene rings is 1. The maximum absolute atomic E-state index is 13.1. The van der Waals surface area contributed by atoms with Crippen LogP contribution in [0, 0.1) is 19.7 Å². The third-order valence-electron chi connectivity index (χ3n) is 2.36. The Labute approximate surface area is 108 Å². The van der Waals surface area contributed by atoms with Crippen molar-refractivity contribution in [1.82, 2.24) is 4.98 Å². The molecular weight excluding hydrogens is 285 g/mol. The number of hydrogen-bond acceptors (Lipinski definition) is 2. The number of pyridine rings is 1. The summed E-state index contributed by atoms with van der Waals surface area (Å²) < 4.78 is 19.6. The van der Waals surface area contributed by atoms with Gasteiger partial charge in [-0.3, -0.25) is 0 Å². The van der Waals surface area contributed by atoms with Crippen molar-refractivity contribution in [3.63, 3.8) is 0 Å². The van der Waals surface area contributed by atoms with Gasteiger partial charge in [-0.1, -0.05) is 6.07 Å². The van der Waals surface area contributed by atoms with Gasteiger partial charge in [0.1, 0.15) is 11.6 Å². The van der Waals surface area contributed by atoms with Crippen LogP contribution in [-0.2, 0) is 0 Å². The van der Waals surface area contributed by atoms with E-state index < -0.39 is 0 Å². The van der Waals surface area contributed by atoms with E-state index in [-0.39, 0.29) is 5.82 Å². The molecule has 0 atom stereocenters. The van der Waals surface area contributed by atoms with Crippen LogP contribution in [-0.4, -0.2) is 4.98 Å². The summed E-state index contributed by atoms with van der Waals surface area (Å²) in [5, 5.41) is 0. The topological polar surface area (TPSA) is 22.1 Å². The maximum atomic E-state index is 13.1. The van der Waals surface area contributed by atoms with Crippen molar-refractivity contribution in [2.75, 3.05) is 0 Å². The number of hydrogen-bond donors (Lipinski definition) is 0. The van der Waals surface area contributed by atoms with Gasteiger partial charge in [-0.2, -0.15) is 0 Å². The second-order valence-electron chi connectivity index (χ2n) is 3.73. The SMILES string of the molecule is Cc1ccc(F)cc1Oc1ccc(Br)c(C)n1. The summed E-state index contributed by atoms with van der Waals surface area (Å²) in [7, 11) is 0. The van der Waals surface area contributed by atoms with Crippen molar-refractivity contribution in [2.45, 2.75) is 13.8 Å². The van der Waals surface area contributed by atoms with Gasteiger partial charge in [0.25, 0.3) is 0 Å². The predicted molar refractivity (Wildman–Crippen MR) is 67.9 cm³/mol. The zero-order valence-electron chi connectivity index (χ0n) is 9.50. The lowest BCUT2D eigenvalue weighted by Gasteiger charge is -2.08. The smallest absolute Gasteiger partial charge is 0.219 e. The van der Waals surface area contributed by atoms with E-state index in [0.29, 0.717) is 11.6 Å². The van der Waals surface area contributed by atoms with Crippen molar-refractivity contribution >= 4 is 15.9 Å². The first-order valence-electron chi connectivity index (χ1n) is 5.13. The Bertz CT molecular complexity index is 557. The highest BCUT2D eigenvalue weighted by atomic mass is 79.9. The molecule has 4 heteroatoms. The molecule has 0 unspecified atom stereocenters. The average molecular weight is 296 g/mol. The number of aromatic nitrogens is 1. The summed E-state index contributed by atoms with van der Waals surface area (Å²) in [6, 6.07) is 8.03. The number of rotatable bonds is 2. The molecule has 0 aliphatic heterocycles. The van der Waals surface area contributed by atoms with Crippen molar-refractivity contribution in [3.05, 3.63) is 51.9 Å². The van der Waals surface area contributed by atoms with Crippen LogP contribution in [0.25, 0.3) is 0 Å². The highest BCUT2D eigenvalue weighted by Crippen LogP contribution is 2.26. The molecule has 0 fully saturated rings. The van der Waals surface area contributed by atoms with E-state index in [0.717, 1.165) is 15.7 Å². The van der Waals surface area contributed by atoms with Crippen LogP contribution in [0.2, 0.25) is 0 Å². The molecule has 2 rings (SSSR count). The highest BCUT2D eigenvalue weighted by molar-refractivity contribution is 9.10. The summed E-state index contributed by atoms with van der Waals surface area (Å²) in [6.07, 6.45) is 0.